The minimum atomic E-state index is -3.39. The van der Waals surface area contributed by atoms with E-state index >= 15 is 0 Å². The summed E-state index contributed by atoms with van der Waals surface area (Å²) < 4.78 is 26.1. The molecular formula is C14H24N4O2S. The van der Waals surface area contributed by atoms with Gasteiger partial charge in [-0.25, -0.2) is 18.1 Å². The number of sulfonamides is 1. The fraction of sp³-hybridized carbons (Fsp3) is 0.500. The zero-order chi connectivity index (χ0) is 15.7. The molecule has 7 heteroatoms. The van der Waals surface area contributed by atoms with Gasteiger partial charge in [-0.1, -0.05) is 19.1 Å². The summed E-state index contributed by atoms with van der Waals surface area (Å²) in [4.78, 5) is 4.70. The van der Waals surface area contributed by atoms with Gasteiger partial charge in [-0.05, 0) is 31.5 Å². The molecule has 3 N–H and O–H groups in total. The van der Waals surface area contributed by atoms with E-state index in [-0.39, 0.29) is 4.90 Å². The minimum absolute atomic E-state index is 0.274. The van der Waals surface area contributed by atoms with E-state index in [0.717, 1.165) is 24.6 Å². The van der Waals surface area contributed by atoms with Crippen LogP contribution in [0.3, 0.4) is 0 Å². The maximum absolute atomic E-state index is 11.8. The molecule has 0 aliphatic carbocycles. The summed E-state index contributed by atoms with van der Waals surface area (Å²) in [5, 5.41) is 6.28. The van der Waals surface area contributed by atoms with Crippen LogP contribution in [0.2, 0.25) is 0 Å². The lowest BCUT2D eigenvalue weighted by Gasteiger charge is -2.09. The highest BCUT2D eigenvalue weighted by Gasteiger charge is 2.11. The smallest absolute Gasteiger partial charge is 0.240 e. The van der Waals surface area contributed by atoms with Gasteiger partial charge in [0.2, 0.25) is 10.0 Å². The maximum Gasteiger partial charge on any atom is 0.240 e. The number of nitrogens with one attached hydrogen (secondary N) is 3. The minimum Gasteiger partial charge on any atom is -0.357 e. The molecule has 1 aromatic rings. The van der Waals surface area contributed by atoms with Gasteiger partial charge in [0.25, 0.3) is 0 Å². The average Bonchev–Trinajstić information content (AvgIpc) is 2.46. The Hall–Kier alpha value is -1.60. The highest BCUT2D eigenvalue weighted by Crippen LogP contribution is 2.11. The quantitative estimate of drug-likeness (QED) is 0.519. The highest BCUT2D eigenvalue weighted by atomic mass is 32.2. The van der Waals surface area contributed by atoms with Crippen molar-refractivity contribution in [3.63, 3.8) is 0 Å². The molecule has 0 amide bonds. The normalized spacial score (nSPS) is 11.0. The van der Waals surface area contributed by atoms with Crippen LogP contribution in [0.4, 0.5) is 0 Å². The second-order valence-electron chi connectivity index (χ2n) is 4.37. The lowest BCUT2D eigenvalue weighted by Crippen LogP contribution is -2.36. The number of benzene rings is 1. The van der Waals surface area contributed by atoms with Crippen molar-refractivity contribution in [1.82, 2.24) is 15.4 Å². The Balaban J connectivity index is 2.76. The molecule has 1 rings (SSSR count). The number of aliphatic imine (C=N–C) groups is 1. The van der Waals surface area contributed by atoms with E-state index in [1.165, 1.54) is 0 Å². The Morgan fingerprint density at radius 1 is 1.00 bits per heavy atom. The van der Waals surface area contributed by atoms with Crippen molar-refractivity contribution in [3.05, 3.63) is 29.8 Å². The monoisotopic (exact) mass is 312 g/mol. The van der Waals surface area contributed by atoms with Gasteiger partial charge in [-0.2, -0.15) is 0 Å². The van der Waals surface area contributed by atoms with Gasteiger partial charge < -0.3 is 10.6 Å². The summed E-state index contributed by atoms with van der Waals surface area (Å²) in [7, 11) is -3.39. The molecule has 0 heterocycles. The largest absolute Gasteiger partial charge is 0.357 e. The summed E-state index contributed by atoms with van der Waals surface area (Å²) >= 11 is 0. The summed E-state index contributed by atoms with van der Waals surface area (Å²) in [6, 6.07) is 6.76. The zero-order valence-electron chi connectivity index (χ0n) is 12.8. The third kappa shape index (κ3) is 5.73. The standard InChI is InChI=1S/C14H24N4O2S/c1-4-15-14(16-5-2)17-11-12-7-9-13(10-8-12)21(19,20)18-6-3/h7-10,18H,4-6,11H2,1-3H3,(H2,15,16,17). The van der Waals surface area contributed by atoms with E-state index < -0.39 is 10.0 Å². The Morgan fingerprint density at radius 3 is 2.05 bits per heavy atom. The Labute approximate surface area is 127 Å². The van der Waals surface area contributed by atoms with Gasteiger partial charge in [-0.3, -0.25) is 0 Å². The summed E-state index contributed by atoms with van der Waals surface area (Å²) in [6.07, 6.45) is 0. The van der Waals surface area contributed by atoms with Crippen LogP contribution in [-0.2, 0) is 16.6 Å². The first-order chi connectivity index (χ1) is 10.0. The molecule has 0 fully saturated rings. The first-order valence-electron chi connectivity index (χ1n) is 7.14. The molecule has 0 spiro atoms. The predicted molar refractivity (Wildman–Crippen MR) is 85.8 cm³/mol. The van der Waals surface area contributed by atoms with Crippen molar-refractivity contribution in [3.8, 4) is 0 Å². The number of hydrogen-bond donors (Lipinski definition) is 3. The topological polar surface area (TPSA) is 82.6 Å². The molecule has 0 bridgehead atoms. The molecule has 0 unspecified atom stereocenters. The van der Waals surface area contributed by atoms with Gasteiger partial charge in [0, 0.05) is 19.6 Å². The van der Waals surface area contributed by atoms with Crippen LogP contribution < -0.4 is 15.4 Å². The average molecular weight is 312 g/mol. The SMILES string of the molecule is CCNC(=NCc1ccc(S(=O)(=O)NCC)cc1)NCC. The van der Waals surface area contributed by atoms with E-state index in [9.17, 15) is 8.42 Å². The second-order valence-corrected chi connectivity index (χ2v) is 6.14. The van der Waals surface area contributed by atoms with Crippen LogP contribution in [0.25, 0.3) is 0 Å². The third-order valence-electron chi connectivity index (χ3n) is 2.68. The first-order valence-corrected chi connectivity index (χ1v) is 8.62. The van der Waals surface area contributed by atoms with E-state index in [1.807, 2.05) is 13.8 Å². The third-order valence-corrected chi connectivity index (χ3v) is 4.24. The first kappa shape index (κ1) is 17.5. The fourth-order valence-electron chi connectivity index (χ4n) is 1.73. The fourth-order valence-corrected chi connectivity index (χ4v) is 2.77. The molecule has 0 saturated heterocycles. The Morgan fingerprint density at radius 2 is 1.57 bits per heavy atom. The molecule has 118 valence electrons. The summed E-state index contributed by atoms with van der Waals surface area (Å²) in [5.41, 5.74) is 0.957. The van der Waals surface area contributed by atoms with E-state index in [1.54, 1.807) is 31.2 Å². The Bertz CT molecular complexity index is 545. The van der Waals surface area contributed by atoms with Gasteiger partial charge in [0.1, 0.15) is 0 Å². The van der Waals surface area contributed by atoms with Crippen LogP contribution in [0.15, 0.2) is 34.2 Å². The zero-order valence-corrected chi connectivity index (χ0v) is 13.6. The number of nitrogens with zero attached hydrogens (tertiary/aromatic N) is 1. The number of hydrogen-bond acceptors (Lipinski definition) is 3. The van der Waals surface area contributed by atoms with E-state index in [4.69, 9.17) is 0 Å². The molecule has 0 aliphatic heterocycles. The van der Waals surface area contributed by atoms with Gasteiger partial charge in [0.05, 0.1) is 11.4 Å². The van der Waals surface area contributed by atoms with Crippen molar-refractivity contribution >= 4 is 16.0 Å². The summed E-state index contributed by atoms with van der Waals surface area (Å²) in [5.74, 6) is 0.754. The van der Waals surface area contributed by atoms with Crippen LogP contribution in [0, 0.1) is 0 Å². The molecule has 0 radical (unpaired) electrons. The lowest BCUT2D eigenvalue weighted by molar-refractivity contribution is 0.584. The lowest BCUT2D eigenvalue weighted by atomic mass is 10.2. The molecule has 21 heavy (non-hydrogen) atoms. The van der Waals surface area contributed by atoms with Crippen LogP contribution >= 0.6 is 0 Å². The number of rotatable bonds is 7. The van der Waals surface area contributed by atoms with Crippen LogP contribution in [0.1, 0.15) is 26.3 Å². The number of guanidine groups is 1. The van der Waals surface area contributed by atoms with Gasteiger partial charge in [0.15, 0.2) is 5.96 Å². The molecule has 0 saturated carbocycles. The van der Waals surface area contributed by atoms with Crippen molar-refractivity contribution in [2.45, 2.75) is 32.2 Å². The van der Waals surface area contributed by atoms with Crippen molar-refractivity contribution in [1.29, 1.82) is 0 Å². The van der Waals surface area contributed by atoms with Gasteiger partial charge in [-0.15, -0.1) is 0 Å². The maximum atomic E-state index is 11.8. The Kier molecular flexibility index (Phi) is 7.18. The van der Waals surface area contributed by atoms with Gasteiger partial charge >= 0.3 is 0 Å². The second kappa shape index (κ2) is 8.63. The van der Waals surface area contributed by atoms with Crippen LogP contribution in [-0.4, -0.2) is 34.0 Å². The van der Waals surface area contributed by atoms with E-state index in [0.29, 0.717) is 13.1 Å². The molecule has 6 nitrogen and oxygen atoms in total. The van der Waals surface area contributed by atoms with Crippen molar-refractivity contribution in [2.24, 2.45) is 4.99 Å². The molecule has 1 aromatic carbocycles. The van der Waals surface area contributed by atoms with Crippen molar-refractivity contribution < 1.29 is 8.42 Å². The van der Waals surface area contributed by atoms with Crippen LogP contribution in [0.5, 0.6) is 0 Å². The molecule has 0 aromatic heterocycles. The predicted octanol–water partition coefficient (Wildman–Crippen LogP) is 1.06. The highest BCUT2D eigenvalue weighted by molar-refractivity contribution is 7.89. The molecule has 0 aliphatic rings. The summed E-state index contributed by atoms with van der Waals surface area (Å²) in [6.45, 7) is 8.24. The van der Waals surface area contributed by atoms with E-state index in [2.05, 4.69) is 20.3 Å². The van der Waals surface area contributed by atoms with Crippen molar-refractivity contribution in [2.75, 3.05) is 19.6 Å². The molecule has 0 atom stereocenters. The molecular weight excluding hydrogens is 288 g/mol.